The highest BCUT2D eigenvalue weighted by Crippen LogP contribution is 2.10. The first kappa shape index (κ1) is 18.3. The van der Waals surface area contributed by atoms with Gasteiger partial charge in [-0.1, -0.05) is 6.92 Å². The van der Waals surface area contributed by atoms with Crippen molar-refractivity contribution in [3.05, 3.63) is 0 Å². The van der Waals surface area contributed by atoms with Crippen LogP contribution in [0.3, 0.4) is 0 Å². The minimum absolute atomic E-state index is 0.0871. The number of hydrogen-bond donors (Lipinski definition) is 2. The molecule has 6 heteroatoms. The molecule has 2 amide bonds. The highest BCUT2D eigenvalue weighted by Gasteiger charge is 2.21. The maximum Gasteiger partial charge on any atom is 0.234 e. The lowest BCUT2D eigenvalue weighted by molar-refractivity contribution is -0.124. The molecule has 122 valence electrons. The summed E-state index contributed by atoms with van der Waals surface area (Å²) in [5.41, 5.74) is 0. The third-order valence-corrected chi connectivity index (χ3v) is 4.35. The number of hydrogen-bond acceptors (Lipinski definition) is 4. The summed E-state index contributed by atoms with van der Waals surface area (Å²) >= 11 is 1.80. The molecule has 1 aliphatic rings. The summed E-state index contributed by atoms with van der Waals surface area (Å²) in [4.78, 5) is 25.6. The predicted molar refractivity (Wildman–Crippen MR) is 88.5 cm³/mol. The Morgan fingerprint density at radius 2 is 1.90 bits per heavy atom. The molecule has 0 aromatic rings. The van der Waals surface area contributed by atoms with E-state index < -0.39 is 0 Å². The molecule has 1 fully saturated rings. The van der Waals surface area contributed by atoms with Gasteiger partial charge in [-0.15, -0.1) is 0 Å². The van der Waals surface area contributed by atoms with Gasteiger partial charge in [0.2, 0.25) is 11.8 Å². The summed E-state index contributed by atoms with van der Waals surface area (Å²) in [6, 6.07) is 0.462. The van der Waals surface area contributed by atoms with Crippen LogP contribution in [-0.4, -0.2) is 59.9 Å². The number of nitrogens with one attached hydrogen (secondary N) is 2. The van der Waals surface area contributed by atoms with Crippen LogP contribution < -0.4 is 10.6 Å². The zero-order chi connectivity index (χ0) is 15.7. The van der Waals surface area contributed by atoms with Gasteiger partial charge < -0.3 is 10.6 Å². The quantitative estimate of drug-likeness (QED) is 0.662. The van der Waals surface area contributed by atoms with Gasteiger partial charge in [0.25, 0.3) is 0 Å². The molecule has 0 bridgehead atoms. The number of amides is 2. The first-order valence-electron chi connectivity index (χ1n) is 7.90. The lowest BCUT2D eigenvalue weighted by Gasteiger charge is -2.32. The van der Waals surface area contributed by atoms with Crippen molar-refractivity contribution < 1.29 is 9.59 Å². The van der Waals surface area contributed by atoms with Gasteiger partial charge in [0.15, 0.2) is 0 Å². The molecule has 0 unspecified atom stereocenters. The highest BCUT2D eigenvalue weighted by molar-refractivity contribution is 7.99. The Kier molecular flexibility index (Phi) is 8.76. The summed E-state index contributed by atoms with van der Waals surface area (Å²) in [6.07, 6.45) is 2.47. The Balaban J connectivity index is 2.17. The molecule has 0 spiro atoms. The van der Waals surface area contributed by atoms with E-state index in [-0.39, 0.29) is 23.9 Å². The average Bonchev–Trinajstić information content (AvgIpc) is 2.40. The van der Waals surface area contributed by atoms with Crippen molar-refractivity contribution >= 4 is 23.6 Å². The Bertz CT molecular complexity index is 329. The average molecular weight is 315 g/mol. The van der Waals surface area contributed by atoms with E-state index in [0.717, 1.165) is 37.4 Å². The third kappa shape index (κ3) is 8.31. The normalized spacial score (nSPS) is 17.0. The van der Waals surface area contributed by atoms with Crippen LogP contribution in [0.2, 0.25) is 0 Å². The first-order valence-corrected chi connectivity index (χ1v) is 9.05. The standard InChI is InChI=1S/C15H29N3O2S/c1-4-21-10-7-14(19)17-13-5-8-18(9-6-13)11-15(20)16-12(2)3/h12-13H,4-11H2,1-3H3,(H,16,20)(H,17,19). The van der Waals surface area contributed by atoms with Crippen LogP contribution in [0.5, 0.6) is 0 Å². The third-order valence-electron chi connectivity index (χ3n) is 3.45. The van der Waals surface area contributed by atoms with Gasteiger partial charge in [0, 0.05) is 37.3 Å². The fourth-order valence-electron chi connectivity index (χ4n) is 2.42. The van der Waals surface area contributed by atoms with E-state index in [4.69, 9.17) is 0 Å². The second-order valence-corrected chi connectivity index (χ2v) is 7.18. The summed E-state index contributed by atoms with van der Waals surface area (Å²) in [5.74, 6) is 2.21. The van der Waals surface area contributed by atoms with Crippen LogP contribution in [0, 0.1) is 0 Å². The van der Waals surface area contributed by atoms with E-state index in [1.165, 1.54) is 0 Å². The Hall–Kier alpha value is -0.750. The zero-order valence-electron chi connectivity index (χ0n) is 13.5. The van der Waals surface area contributed by atoms with Gasteiger partial charge in [0.1, 0.15) is 0 Å². The van der Waals surface area contributed by atoms with E-state index in [2.05, 4.69) is 22.5 Å². The van der Waals surface area contributed by atoms with Gasteiger partial charge in [-0.2, -0.15) is 11.8 Å². The van der Waals surface area contributed by atoms with Crippen LogP contribution in [0.25, 0.3) is 0 Å². The summed E-state index contributed by atoms with van der Waals surface area (Å²) in [6.45, 7) is 8.26. The fourth-order valence-corrected chi connectivity index (χ4v) is 3.03. The number of rotatable bonds is 8. The number of piperidine rings is 1. The van der Waals surface area contributed by atoms with E-state index in [9.17, 15) is 9.59 Å². The topological polar surface area (TPSA) is 61.4 Å². The first-order chi connectivity index (χ1) is 10.0. The molecule has 0 atom stereocenters. The Labute approximate surface area is 132 Å². The molecule has 0 aliphatic carbocycles. The number of carbonyl (C=O) groups is 2. The minimum Gasteiger partial charge on any atom is -0.353 e. The largest absolute Gasteiger partial charge is 0.353 e. The lowest BCUT2D eigenvalue weighted by atomic mass is 10.0. The van der Waals surface area contributed by atoms with Crippen LogP contribution in [0.1, 0.15) is 40.0 Å². The van der Waals surface area contributed by atoms with Gasteiger partial charge in [-0.05, 0) is 32.4 Å². The van der Waals surface area contributed by atoms with Crippen LogP contribution >= 0.6 is 11.8 Å². The molecule has 21 heavy (non-hydrogen) atoms. The molecular weight excluding hydrogens is 286 g/mol. The second kappa shape index (κ2) is 10.1. The van der Waals surface area contributed by atoms with Crippen LogP contribution in [0.15, 0.2) is 0 Å². The minimum atomic E-state index is 0.0871. The van der Waals surface area contributed by atoms with Crippen molar-refractivity contribution in [2.24, 2.45) is 0 Å². The predicted octanol–water partition coefficient (Wildman–Crippen LogP) is 1.23. The van der Waals surface area contributed by atoms with Crippen molar-refractivity contribution in [2.45, 2.75) is 52.1 Å². The SMILES string of the molecule is CCSCCC(=O)NC1CCN(CC(=O)NC(C)C)CC1. The summed E-state index contributed by atoms with van der Waals surface area (Å²) in [7, 11) is 0. The maximum absolute atomic E-state index is 11.8. The molecule has 2 N–H and O–H groups in total. The number of likely N-dealkylation sites (tertiary alicyclic amines) is 1. The molecule has 1 aliphatic heterocycles. The fraction of sp³-hybridized carbons (Fsp3) is 0.867. The number of thioether (sulfide) groups is 1. The van der Waals surface area contributed by atoms with E-state index >= 15 is 0 Å². The number of nitrogens with zero attached hydrogens (tertiary/aromatic N) is 1. The van der Waals surface area contributed by atoms with Crippen molar-refractivity contribution in [3.63, 3.8) is 0 Å². The van der Waals surface area contributed by atoms with Crippen LogP contribution in [0.4, 0.5) is 0 Å². The van der Waals surface area contributed by atoms with Gasteiger partial charge >= 0.3 is 0 Å². The Morgan fingerprint density at radius 1 is 1.24 bits per heavy atom. The molecule has 0 saturated carbocycles. The summed E-state index contributed by atoms with van der Waals surface area (Å²) < 4.78 is 0. The van der Waals surface area contributed by atoms with Crippen molar-refractivity contribution in [3.8, 4) is 0 Å². The maximum atomic E-state index is 11.8. The molecule has 5 nitrogen and oxygen atoms in total. The van der Waals surface area contributed by atoms with Crippen LogP contribution in [-0.2, 0) is 9.59 Å². The van der Waals surface area contributed by atoms with Crippen molar-refractivity contribution in [2.75, 3.05) is 31.1 Å². The molecule has 1 saturated heterocycles. The summed E-state index contributed by atoms with van der Waals surface area (Å²) in [5, 5.41) is 6.01. The second-order valence-electron chi connectivity index (χ2n) is 5.79. The molecule has 1 heterocycles. The Morgan fingerprint density at radius 3 is 2.48 bits per heavy atom. The lowest BCUT2D eigenvalue weighted by Crippen LogP contribution is -2.48. The smallest absolute Gasteiger partial charge is 0.234 e. The van der Waals surface area contributed by atoms with Gasteiger partial charge in [0.05, 0.1) is 6.54 Å². The molecular formula is C15H29N3O2S. The van der Waals surface area contributed by atoms with Crippen molar-refractivity contribution in [1.82, 2.24) is 15.5 Å². The molecule has 1 rings (SSSR count). The van der Waals surface area contributed by atoms with Gasteiger partial charge in [-0.25, -0.2) is 0 Å². The van der Waals surface area contributed by atoms with E-state index in [1.54, 1.807) is 11.8 Å². The van der Waals surface area contributed by atoms with Gasteiger partial charge in [-0.3, -0.25) is 14.5 Å². The number of carbonyl (C=O) groups excluding carboxylic acids is 2. The zero-order valence-corrected chi connectivity index (χ0v) is 14.3. The van der Waals surface area contributed by atoms with E-state index in [0.29, 0.717) is 13.0 Å². The molecule has 0 aromatic heterocycles. The highest BCUT2D eigenvalue weighted by atomic mass is 32.2. The molecule has 0 radical (unpaired) electrons. The molecule has 0 aromatic carbocycles. The van der Waals surface area contributed by atoms with Crippen molar-refractivity contribution in [1.29, 1.82) is 0 Å². The monoisotopic (exact) mass is 315 g/mol. The van der Waals surface area contributed by atoms with E-state index in [1.807, 2.05) is 13.8 Å².